The lowest BCUT2D eigenvalue weighted by atomic mass is 9.63. The van der Waals surface area contributed by atoms with Gasteiger partial charge in [0.15, 0.2) is 0 Å². The summed E-state index contributed by atoms with van der Waals surface area (Å²) in [6, 6.07) is 74.0. The molecular weight excluding hydrogens is 775 g/mol. The standard InChI is InChI=1S/C61H43N3/c1-4-16-40(17-5-1)41-28-30-45(31-29-41)57-39-56(44-20-6-2-7-21-44)62-60(63-57)46-32-35-51-50-26-14-15-27-52(50)61(55(51)38-46)53-36-33-42-18-10-12-24-48(42)58(53)64(47-22-8-3-9-23-47)59-49-25-13-11-19-43(49)34-37-54(59)61/h1-22,24-39,47,60,63H,23H2. The lowest BCUT2D eigenvalue weighted by molar-refractivity contribution is 0.658. The minimum absolute atomic E-state index is 0.142. The molecule has 0 saturated carbocycles. The average molecular weight is 818 g/mol. The Bertz CT molecular complexity index is 3360. The number of benzene rings is 9. The van der Waals surface area contributed by atoms with E-state index in [2.05, 4.69) is 241 Å². The van der Waals surface area contributed by atoms with Crippen molar-refractivity contribution in [1.29, 1.82) is 0 Å². The van der Waals surface area contributed by atoms with Crippen LogP contribution in [0.4, 0.5) is 11.4 Å². The summed E-state index contributed by atoms with van der Waals surface area (Å²) in [5.41, 5.74) is 17.5. The Morgan fingerprint density at radius 2 is 1.08 bits per heavy atom. The molecule has 0 amide bonds. The Morgan fingerprint density at radius 1 is 0.484 bits per heavy atom. The van der Waals surface area contributed by atoms with E-state index in [1.807, 2.05) is 0 Å². The number of allylic oxidation sites excluding steroid dienone is 3. The predicted octanol–water partition coefficient (Wildman–Crippen LogP) is 14.5. The maximum absolute atomic E-state index is 5.52. The Kier molecular flexibility index (Phi) is 8.32. The van der Waals surface area contributed by atoms with Crippen LogP contribution in [0.15, 0.2) is 236 Å². The van der Waals surface area contributed by atoms with E-state index in [1.54, 1.807) is 0 Å². The average Bonchev–Trinajstić information content (AvgIpc) is 3.66. The van der Waals surface area contributed by atoms with Crippen LogP contribution < -0.4 is 10.2 Å². The second-order valence-corrected chi connectivity index (χ2v) is 17.4. The molecule has 2 unspecified atom stereocenters. The summed E-state index contributed by atoms with van der Waals surface area (Å²) < 4.78 is 0. The highest BCUT2D eigenvalue weighted by molar-refractivity contribution is 6.13. The van der Waals surface area contributed by atoms with Gasteiger partial charge in [0.05, 0.1) is 28.5 Å². The van der Waals surface area contributed by atoms with Gasteiger partial charge >= 0.3 is 0 Å². The van der Waals surface area contributed by atoms with Crippen LogP contribution in [-0.2, 0) is 5.41 Å². The Balaban J connectivity index is 1.05. The van der Waals surface area contributed by atoms with Crippen LogP contribution in [0.2, 0.25) is 0 Å². The minimum atomic E-state index is -0.613. The normalized spacial score (nSPS) is 17.6. The van der Waals surface area contributed by atoms with Crippen molar-refractivity contribution >= 4 is 44.3 Å². The van der Waals surface area contributed by atoms with Gasteiger partial charge in [0, 0.05) is 16.5 Å². The molecular formula is C61H43N3. The van der Waals surface area contributed by atoms with Crippen molar-refractivity contribution in [3.63, 3.8) is 0 Å². The zero-order valence-electron chi connectivity index (χ0n) is 35.2. The molecule has 2 aliphatic carbocycles. The molecule has 0 saturated heterocycles. The third kappa shape index (κ3) is 5.50. The van der Waals surface area contributed by atoms with Crippen molar-refractivity contribution in [2.75, 3.05) is 4.90 Å². The Labute approximate surface area is 373 Å². The quantitative estimate of drug-likeness (QED) is 0.187. The smallest absolute Gasteiger partial charge is 0.145 e. The van der Waals surface area contributed by atoms with E-state index in [0.29, 0.717) is 0 Å². The summed E-state index contributed by atoms with van der Waals surface area (Å²) in [5, 5.41) is 8.95. The first-order valence-corrected chi connectivity index (χ1v) is 22.4. The SMILES string of the molecule is C1=CCC(N2c3c(ccc4ccccc34)C3(c4ccccc4-c4ccc(C5N=C(c6ccccc6)C=C(c6ccc(-c7ccccc7)cc6)N5)cc43)c3ccc4ccccc4c32)C=C1. The summed E-state index contributed by atoms with van der Waals surface area (Å²) in [6.07, 6.45) is 11.9. The van der Waals surface area contributed by atoms with E-state index in [9.17, 15) is 0 Å². The molecule has 0 radical (unpaired) electrons. The zero-order chi connectivity index (χ0) is 42.2. The van der Waals surface area contributed by atoms with Crippen molar-refractivity contribution in [3.05, 3.63) is 270 Å². The molecule has 9 aromatic carbocycles. The first kappa shape index (κ1) is 36.6. The molecule has 0 aromatic heterocycles. The van der Waals surface area contributed by atoms with Crippen LogP contribution in [0.25, 0.3) is 49.5 Å². The summed E-state index contributed by atoms with van der Waals surface area (Å²) in [5.74, 6) is 0. The Morgan fingerprint density at radius 3 is 1.77 bits per heavy atom. The van der Waals surface area contributed by atoms with E-state index in [0.717, 1.165) is 34.5 Å². The van der Waals surface area contributed by atoms with E-state index in [4.69, 9.17) is 4.99 Å². The number of anilines is 2. The number of hydrogen-bond acceptors (Lipinski definition) is 3. The van der Waals surface area contributed by atoms with Gasteiger partial charge in [-0.1, -0.05) is 218 Å². The van der Waals surface area contributed by atoms with E-state index in [-0.39, 0.29) is 12.2 Å². The molecule has 2 atom stereocenters. The second-order valence-electron chi connectivity index (χ2n) is 17.4. The van der Waals surface area contributed by atoms with Crippen molar-refractivity contribution < 1.29 is 0 Å². The van der Waals surface area contributed by atoms with E-state index >= 15 is 0 Å². The molecule has 4 aliphatic rings. The maximum Gasteiger partial charge on any atom is 0.145 e. The number of nitrogens with zero attached hydrogens (tertiary/aromatic N) is 2. The van der Waals surface area contributed by atoms with Crippen LogP contribution >= 0.6 is 0 Å². The maximum atomic E-state index is 5.52. The summed E-state index contributed by atoms with van der Waals surface area (Å²) >= 11 is 0. The van der Waals surface area contributed by atoms with Gasteiger partial charge < -0.3 is 10.2 Å². The number of nitrogens with one attached hydrogen (secondary N) is 1. The van der Waals surface area contributed by atoms with E-state index < -0.39 is 5.41 Å². The number of fused-ring (bicyclic) bond motifs is 13. The molecule has 2 heterocycles. The molecule has 13 rings (SSSR count). The second kappa shape index (κ2) is 14.5. The molecule has 3 heteroatoms. The molecule has 1 N–H and O–H groups in total. The lowest BCUT2D eigenvalue weighted by Gasteiger charge is -2.48. The van der Waals surface area contributed by atoms with E-state index in [1.165, 1.54) is 77.4 Å². The minimum Gasteiger partial charge on any atom is -0.360 e. The summed E-state index contributed by atoms with van der Waals surface area (Å²) in [4.78, 5) is 8.21. The van der Waals surface area contributed by atoms with Crippen molar-refractivity contribution in [3.8, 4) is 22.3 Å². The summed E-state index contributed by atoms with van der Waals surface area (Å²) in [7, 11) is 0. The Hall–Kier alpha value is -8.01. The predicted molar refractivity (Wildman–Crippen MR) is 266 cm³/mol. The molecule has 1 spiro atoms. The molecule has 9 aromatic rings. The van der Waals surface area contributed by atoms with Gasteiger partial charge in [0.2, 0.25) is 0 Å². The van der Waals surface area contributed by atoms with Crippen LogP contribution in [0.1, 0.15) is 51.5 Å². The molecule has 302 valence electrons. The number of rotatable bonds is 5. The molecule has 64 heavy (non-hydrogen) atoms. The van der Waals surface area contributed by atoms with Gasteiger partial charge in [0.1, 0.15) is 6.17 Å². The van der Waals surface area contributed by atoms with Gasteiger partial charge in [-0.2, -0.15) is 0 Å². The fourth-order valence-corrected chi connectivity index (χ4v) is 11.1. The van der Waals surface area contributed by atoms with Crippen molar-refractivity contribution in [2.45, 2.75) is 24.0 Å². The first-order valence-electron chi connectivity index (χ1n) is 22.4. The first-order chi connectivity index (χ1) is 31.7. The fraction of sp³-hybridized carbons (Fsp3) is 0.0656. The molecule has 0 fully saturated rings. The molecule has 2 aliphatic heterocycles. The third-order valence-corrected chi connectivity index (χ3v) is 14.0. The van der Waals surface area contributed by atoms with Gasteiger partial charge in [-0.25, -0.2) is 0 Å². The largest absolute Gasteiger partial charge is 0.360 e. The number of hydrogen-bond donors (Lipinski definition) is 1. The van der Waals surface area contributed by atoms with Gasteiger partial charge in [-0.05, 0) is 90.5 Å². The highest BCUT2D eigenvalue weighted by Crippen LogP contribution is 2.65. The van der Waals surface area contributed by atoms with Crippen molar-refractivity contribution in [2.24, 2.45) is 4.99 Å². The third-order valence-electron chi connectivity index (χ3n) is 14.0. The van der Waals surface area contributed by atoms with Crippen molar-refractivity contribution in [1.82, 2.24) is 5.32 Å². The van der Waals surface area contributed by atoms with Crippen LogP contribution in [0.3, 0.4) is 0 Å². The fourth-order valence-electron chi connectivity index (χ4n) is 11.1. The highest BCUT2D eigenvalue weighted by atomic mass is 15.2. The van der Waals surface area contributed by atoms with Crippen LogP contribution in [0, 0.1) is 0 Å². The summed E-state index contributed by atoms with van der Waals surface area (Å²) in [6.45, 7) is 0. The van der Waals surface area contributed by atoms with Crippen LogP contribution in [-0.4, -0.2) is 11.8 Å². The van der Waals surface area contributed by atoms with Gasteiger partial charge in [-0.15, -0.1) is 0 Å². The van der Waals surface area contributed by atoms with Gasteiger partial charge in [0.25, 0.3) is 0 Å². The van der Waals surface area contributed by atoms with Gasteiger partial charge in [-0.3, -0.25) is 4.99 Å². The molecule has 3 nitrogen and oxygen atoms in total. The highest BCUT2D eigenvalue weighted by Gasteiger charge is 2.53. The number of aliphatic imine (C=N–C) groups is 1. The zero-order valence-corrected chi connectivity index (χ0v) is 35.2. The topological polar surface area (TPSA) is 27.6 Å². The lowest BCUT2D eigenvalue weighted by Crippen LogP contribution is -2.42. The van der Waals surface area contributed by atoms with Crippen LogP contribution in [0.5, 0.6) is 0 Å². The molecule has 0 bridgehead atoms. The monoisotopic (exact) mass is 817 g/mol.